The van der Waals surface area contributed by atoms with E-state index >= 15 is 0 Å². The van der Waals surface area contributed by atoms with Crippen LogP contribution >= 0.6 is 11.3 Å². The van der Waals surface area contributed by atoms with E-state index in [9.17, 15) is 18.0 Å². The molecule has 2 aromatic carbocycles. The second-order valence-corrected chi connectivity index (χ2v) is 6.74. The van der Waals surface area contributed by atoms with Crippen molar-refractivity contribution in [1.29, 1.82) is 0 Å². The normalized spacial score (nSPS) is 11.7. The van der Waals surface area contributed by atoms with Crippen LogP contribution in [-0.2, 0) is 12.7 Å². The highest BCUT2D eigenvalue weighted by molar-refractivity contribution is 7.13. The number of halogens is 3. The molecule has 142 valence electrons. The zero-order valence-corrected chi connectivity index (χ0v) is 15.0. The molecule has 28 heavy (non-hydrogen) atoms. The van der Waals surface area contributed by atoms with Crippen molar-refractivity contribution in [1.82, 2.24) is 24.8 Å². The number of hydrogen-bond acceptors (Lipinski definition) is 5. The molecular formula is C18H12F3N5OS. The summed E-state index contributed by atoms with van der Waals surface area (Å²) in [5, 5.41) is 10.0. The Labute approximate surface area is 160 Å². The first-order valence-corrected chi connectivity index (χ1v) is 9.00. The smallest absolute Gasteiger partial charge is 0.244 e. The molecule has 4 aromatic rings. The average Bonchev–Trinajstić information content (AvgIpc) is 3.30. The Bertz CT molecular complexity index is 1150. The lowest BCUT2D eigenvalue weighted by Crippen LogP contribution is -2.24. The molecule has 0 saturated heterocycles. The fourth-order valence-electron chi connectivity index (χ4n) is 2.57. The molecule has 0 radical (unpaired) electrons. The van der Waals surface area contributed by atoms with Gasteiger partial charge < -0.3 is 0 Å². The molecule has 0 aliphatic rings. The van der Waals surface area contributed by atoms with E-state index in [1.807, 2.05) is 6.07 Å². The second-order valence-electron chi connectivity index (χ2n) is 5.89. The molecule has 2 aromatic heterocycles. The third-order valence-corrected chi connectivity index (χ3v) is 4.90. The Morgan fingerprint density at radius 2 is 1.68 bits per heavy atom. The van der Waals surface area contributed by atoms with Crippen LogP contribution in [0.2, 0.25) is 0 Å². The third-order valence-electron chi connectivity index (χ3n) is 3.96. The van der Waals surface area contributed by atoms with Gasteiger partial charge in [-0.3, -0.25) is 0 Å². The van der Waals surface area contributed by atoms with Gasteiger partial charge in [0.2, 0.25) is 0 Å². The summed E-state index contributed by atoms with van der Waals surface area (Å²) in [7, 11) is 0. The van der Waals surface area contributed by atoms with Crippen LogP contribution in [0.4, 0.5) is 13.2 Å². The number of para-hydroxylation sites is 1. The van der Waals surface area contributed by atoms with Gasteiger partial charge in [0.15, 0.2) is 0 Å². The molecule has 0 spiro atoms. The quantitative estimate of drug-likeness (QED) is 0.522. The zero-order chi connectivity index (χ0) is 19.7. The summed E-state index contributed by atoms with van der Waals surface area (Å²) < 4.78 is 40.4. The first-order valence-electron chi connectivity index (χ1n) is 8.12. The predicted molar refractivity (Wildman–Crippen MR) is 97.3 cm³/mol. The number of benzene rings is 2. The molecule has 0 aliphatic carbocycles. The molecule has 0 N–H and O–H groups in total. The van der Waals surface area contributed by atoms with Crippen molar-refractivity contribution in [2.45, 2.75) is 12.7 Å². The average molecular weight is 403 g/mol. The highest BCUT2D eigenvalue weighted by Crippen LogP contribution is 2.31. The van der Waals surface area contributed by atoms with Crippen LogP contribution in [0.25, 0.3) is 16.3 Å². The van der Waals surface area contributed by atoms with Crippen molar-refractivity contribution in [2.24, 2.45) is 0 Å². The maximum atomic E-state index is 12.7. The summed E-state index contributed by atoms with van der Waals surface area (Å²) in [4.78, 5) is 16.8. The highest BCUT2D eigenvalue weighted by atomic mass is 32.1. The molecule has 4 rings (SSSR count). The van der Waals surface area contributed by atoms with Gasteiger partial charge in [0.1, 0.15) is 5.01 Å². The summed E-state index contributed by atoms with van der Waals surface area (Å²) in [6.45, 7) is 0.114. The van der Waals surface area contributed by atoms with E-state index < -0.39 is 17.4 Å². The molecule has 0 aliphatic heterocycles. The Hall–Kier alpha value is -3.27. The van der Waals surface area contributed by atoms with E-state index in [-0.39, 0.29) is 6.54 Å². The number of alkyl halides is 3. The van der Waals surface area contributed by atoms with Gasteiger partial charge in [0, 0.05) is 10.9 Å². The van der Waals surface area contributed by atoms with Crippen LogP contribution in [0.15, 0.2) is 64.8 Å². The molecule has 6 nitrogen and oxygen atoms in total. The lowest BCUT2D eigenvalue weighted by Gasteiger charge is -2.06. The summed E-state index contributed by atoms with van der Waals surface area (Å²) in [5.74, 6) is 0. The number of hydrogen-bond donors (Lipinski definition) is 0. The fraction of sp³-hybridized carbons (Fsp3) is 0.111. The van der Waals surface area contributed by atoms with E-state index in [1.165, 1.54) is 32.8 Å². The van der Waals surface area contributed by atoms with Crippen LogP contribution in [0, 0.1) is 0 Å². The summed E-state index contributed by atoms with van der Waals surface area (Å²) >= 11 is 1.28. The third kappa shape index (κ3) is 3.58. The molecule has 0 fully saturated rings. The minimum Gasteiger partial charge on any atom is -0.244 e. The largest absolute Gasteiger partial charge is 0.416 e. The minimum atomic E-state index is -4.38. The molecule has 0 amide bonds. The van der Waals surface area contributed by atoms with Gasteiger partial charge in [-0.2, -0.15) is 22.5 Å². The van der Waals surface area contributed by atoms with Gasteiger partial charge >= 0.3 is 11.9 Å². The van der Waals surface area contributed by atoms with Crippen LogP contribution < -0.4 is 5.69 Å². The van der Waals surface area contributed by atoms with Crippen molar-refractivity contribution >= 4 is 11.3 Å². The summed E-state index contributed by atoms with van der Waals surface area (Å²) in [5.41, 5.74) is 0.626. The highest BCUT2D eigenvalue weighted by Gasteiger charge is 2.30. The first-order chi connectivity index (χ1) is 13.4. The van der Waals surface area contributed by atoms with Gasteiger partial charge in [-0.25, -0.2) is 9.78 Å². The molecule has 0 bridgehead atoms. The Kier molecular flexibility index (Phi) is 4.55. The molecule has 0 atom stereocenters. The standard InChI is InChI=1S/C18H12F3N5OS/c19-18(20,21)13-8-6-12(7-9-13)16-22-14(11-28-16)10-25-17(27)26(24-23-25)15-4-2-1-3-5-15/h1-9,11H,10H2. The number of tetrazole rings is 1. The van der Waals surface area contributed by atoms with Gasteiger partial charge in [0.05, 0.1) is 23.5 Å². The maximum Gasteiger partial charge on any atom is 0.416 e. The van der Waals surface area contributed by atoms with E-state index in [1.54, 1.807) is 29.6 Å². The number of aromatic nitrogens is 5. The summed E-state index contributed by atoms with van der Waals surface area (Å²) in [6.07, 6.45) is -4.38. The molecule has 0 unspecified atom stereocenters. The lowest BCUT2D eigenvalue weighted by atomic mass is 10.1. The number of nitrogens with zero attached hydrogens (tertiary/aromatic N) is 5. The lowest BCUT2D eigenvalue weighted by molar-refractivity contribution is -0.137. The second kappa shape index (κ2) is 7.04. The molecule has 10 heteroatoms. The van der Waals surface area contributed by atoms with Crippen LogP contribution in [-0.4, -0.2) is 24.8 Å². The Morgan fingerprint density at radius 1 is 0.964 bits per heavy atom. The van der Waals surface area contributed by atoms with E-state index in [0.29, 0.717) is 22.0 Å². The summed E-state index contributed by atoms with van der Waals surface area (Å²) in [6, 6.07) is 13.7. The Morgan fingerprint density at radius 3 is 2.36 bits per heavy atom. The molecule has 2 heterocycles. The zero-order valence-electron chi connectivity index (χ0n) is 14.2. The monoisotopic (exact) mass is 403 g/mol. The maximum absolute atomic E-state index is 12.7. The van der Waals surface area contributed by atoms with E-state index in [2.05, 4.69) is 15.4 Å². The minimum absolute atomic E-state index is 0.114. The SMILES string of the molecule is O=c1n(Cc2csc(-c3ccc(C(F)(F)F)cc3)n2)nnn1-c1ccccc1. The van der Waals surface area contributed by atoms with Crippen molar-refractivity contribution in [3.05, 3.63) is 81.7 Å². The Balaban J connectivity index is 1.55. The van der Waals surface area contributed by atoms with Gasteiger partial charge in [-0.05, 0) is 34.7 Å². The first kappa shape index (κ1) is 18.1. The van der Waals surface area contributed by atoms with Crippen molar-refractivity contribution in [2.75, 3.05) is 0 Å². The van der Waals surface area contributed by atoms with Crippen LogP contribution in [0.3, 0.4) is 0 Å². The van der Waals surface area contributed by atoms with Crippen molar-refractivity contribution in [3.63, 3.8) is 0 Å². The topological polar surface area (TPSA) is 65.6 Å². The van der Waals surface area contributed by atoms with Crippen molar-refractivity contribution < 1.29 is 13.2 Å². The number of rotatable bonds is 4. The van der Waals surface area contributed by atoms with Crippen LogP contribution in [0.1, 0.15) is 11.3 Å². The molecular weight excluding hydrogens is 391 g/mol. The van der Waals surface area contributed by atoms with E-state index in [4.69, 9.17) is 0 Å². The van der Waals surface area contributed by atoms with Crippen molar-refractivity contribution in [3.8, 4) is 16.3 Å². The van der Waals surface area contributed by atoms with E-state index in [0.717, 1.165) is 12.1 Å². The predicted octanol–water partition coefficient (Wildman–Crippen LogP) is 3.62. The van der Waals surface area contributed by atoms with Gasteiger partial charge in [0.25, 0.3) is 0 Å². The fourth-order valence-corrected chi connectivity index (χ4v) is 3.39. The van der Waals surface area contributed by atoms with Gasteiger partial charge in [-0.1, -0.05) is 30.3 Å². The van der Waals surface area contributed by atoms with Crippen LogP contribution in [0.5, 0.6) is 0 Å². The van der Waals surface area contributed by atoms with Gasteiger partial charge in [-0.15, -0.1) is 11.3 Å². The number of thiazole rings is 1. The molecule has 0 saturated carbocycles.